The van der Waals surface area contributed by atoms with Crippen LogP contribution >= 0.6 is 0 Å². The van der Waals surface area contributed by atoms with Crippen LogP contribution < -0.4 is 10.5 Å². The second kappa shape index (κ2) is 4.74. The van der Waals surface area contributed by atoms with Crippen LogP contribution in [-0.2, 0) is 10.0 Å². The lowest BCUT2D eigenvalue weighted by molar-refractivity contribution is 0.587. The van der Waals surface area contributed by atoms with E-state index in [4.69, 9.17) is 5.73 Å². The average molecular weight is 242 g/mol. The number of nitrogens with two attached hydrogens (primary N) is 1. The van der Waals surface area contributed by atoms with E-state index in [1.807, 2.05) is 20.8 Å². The molecule has 0 atom stereocenters. The average Bonchev–Trinajstić information content (AvgIpc) is 2.08. The molecule has 0 fully saturated rings. The molecule has 0 saturated heterocycles. The smallest absolute Gasteiger partial charge is 0.232 e. The van der Waals surface area contributed by atoms with Gasteiger partial charge >= 0.3 is 0 Å². The first-order valence-corrected chi connectivity index (χ1v) is 6.82. The first kappa shape index (κ1) is 12.8. The summed E-state index contributed by atoms with van der Waals surface area (Å²) in [6.07, 6.45) is 0. The fourth-order valence-electron chi connectivity index (χ4n) is 1.40. The van der Waals surface area contributed by atoms with Crippen LogP contribution in [0.1, 0.15) is 19.4 Å². The van der Waals surface area contributed by atoms with E-state index >= 15 is 0 Å². The summed E-state index contributed by atoms with van der Waals surface area (Å²) in [5, 5.41) is 0. The van der Waals surface area contributed by atoms with E-state index in [0.29, 0.717) is 11.4 Å². The van der Waals surface area contributed by atoms with E-state index in [2.05, 4.69) is 4.72 Å². The lowest BCUT2D eigenvalue weighted by Gasteiger charge is -2.12. The molecule has 5 heteroatoms. The van der Waals surface area contributed by atoms with Crippen LogP contribution in [0.3, 0.4) is 0 Å². The first-order valence-electron chi connectivity index (χ1n) is 5.17. The Morgan fingerprint density at radius 1 is 1.38 bits per heavy atom. The zero-order valence-electron chi connectivity index (χ0n) is 9.82. The Morgan fingerprint density at radius 2 is 2.00 bits per heavy atom. The van der Waals surface area contributed by atoms with Gasteiger partial charge in [0.1, 0.15) is 0 Å². The van der Waals surface area contributed by atoms with E-state index < -0.39 is 10.0 Å². The van der Waals surface area contributed by atoms with E-state index in [-0.39, 0.29) is 11.7 Å². The van der Waals surface area contributed by atoms with Gasteiger partial charge in [-0.25, -0.2) is 8.42 Å². The number of aryl methyl sites for hydroxylation is 1. The number of rotatable bonds is 4. The maximum atomic E-state index is 11.7. The normalized spacial score (nSPS) is 11.8. The Labute approximate surface area is 96.9 Å². The number of nitrogens with one attached hydrogen (secondary N) is 1. The van der Waals surface area contributed by atoms with Crippen LogP contribution in [0.2, 0.25) is 0 Å². The molecule has 0 spiro atoms. The van der Waals surface area contributed by atoms with E-state index in [9.17, 15) is 8.42 Å². The number of hydrogen-bond acceptors (Lipinski definition) is 3. The number of benzene rings is 1. The summed E-state index contributed by atoms with van der Waals surface area (Å²) < 4.78 is 26.0. The van der Waals surface area contributed by atoms with Crippen molar-refractivity contribution in [1.29, 1.82) is 0 Å². The summed E-state index contributed by atoms with van der Waals surface area (Å²) in [5.74, 6) is 0.209. The zero-order valence-corrected chi connectivity index (χ0v) is 10.6. The molecule has 16 heavy (non-hydrogen) atoms. The predicted octanol–water partition coefficient (Wildman–Crippen LogP) is 1.97. The molecule has 0 unspecified atom stereocenters. The highest BCUT2D eigenvalue weighted by Gasteiger charge is 2.13. The van der Waals surface area contributed by atoms with Gasteiger partial charge in [0.15, 0.2) is 0 Å². The predicted molar refractivity (Wildman–Crippen MR) is 67.8 cm³/mol. The topological polar surface area (TPSA) is 72.2 Å². The molecule has 0 amide bonds. The summed E-state index contributed by atoms with van der Waals surface area (Å²) in [4.78, 5) is 0. The SMILES string of the molecule is Cc1ccc(N)cc1NS(=O)(=O)CC(C)C. The fourth-order valence-corrected chi connectivity index (χ4v) is 2.91. The molecule has 1 aromatic rings. The van der Waals surface area contributed by atoms with Gasteiger partial charge in [-0.2, -0.15) is 0 Å². The standard InChI is InChI=1S/C11H18N2O2S/c1-8(2)7-16(14,15)13-11-6-10(12)5-4-9(11)3/h4-6,8,13H,7,12H2,1-3H3. The second-order valence-corrected chi connectivity index (χ2v) is 6.12. The summed E-state index contributed by atoms with van der Waals surface area (Å²) in [6.45, 7) is 5.57. The van der Waals surface area contributed by atoms with Crippen molar-refractivity contribution in [2.24, 2.45) is 5.92 Å². The molecule has 0 bridgehead atoms. The van der Waals surface area contributed by atoms with Crippen LogP contribution in [0.5, 0.6) is 0 Å². The molecule has 0 aliphatic heterocycles. The molecule has 0 saturated carbocycles. The minimum absolute atomic E-state index is 0.0962. The van der Waals surface area contributed by atoms with Gasteiger partial charge in [0, 0.05) is 5.69 Å². The highest BCUT2D eigenvalue weighted by Crippen LogP contribution is 2.19. The van der Waals surface area contributed by atoms with Gasteiger partial charge < -0.3 is 5.73 Å². The van der Waals surface area contributed by atoms with Gasteiger partial charge in [-0.1, -0.05) is 19.9 Å². The molecule has 0 aliphatic carbocycles. The van der Waals surface area contributed by atoms with Crippen LogP contribution in [0, 0.1) is 12.8 Å². The third kappa shape index (κ3) is 3.73. The number of hydrogen-bond donors (Lipinski definition) is 2. The Kier molecular flexibility index (Phi) is 3.80. The van der Waals surface area contributed by atoms with Gasteiger partial charge in [0.25, 0.3) is 0 Å². The number of sulfonamides is 1. The quantitative estimate of drug-likeness (QED) is 0.793. The zero-order chi connectivity index (χ0) is 12.3. The third-order valence-electron chi connectivity index (χ3n) is 2.08. The van der Waals surface area contributed by atoms with Gasteiger partial charge in [-0.05, 0) is 30.5 Å². The summed E-state index contributed by atoms with van der Waals surface area (Å²) in [6, 6.07) is 5.17. The lowest BCUT2D eigenvalue weighted by Crippen LogP contribution is -2.20. The fraction of sp³-hybridized carbons (Fsp3) is 0.455. The summed E-state index contributed by atoms with van der Waals surface area (Å²) >= 11 is 0. The van der Waals surface area contributed by atoms with Gasteiger partial charge in [0.05, 0.1) is 11.4 Å². The Bertz CT molecular complexity index is 467. The molecular weight excluding hydrogens is 224 g/mol. The Morgan fingerprint density at radius 3 is 2.56 bits per heavy atom. The highest BCUT2D eigenvalue weighted by molar-refractivity contribution is 7.92. The first-order chi connectivity index (χ1) is 7.30. The molecule has 0 aromatic heterocycles. The maximum Gasteiger partial charge on any atom is 0.232 e. The van der Waals surface area contributed by atoms with Crippen molar-refractivity contribution in [2.75, 3.05) is 16.2 Å². The van der Waals surface area contributed by atoms with Crippen molar-refractivity contribution in [3.05, 3.63) is 23.8 Å². The molecule has 1 aromatic carbocycles. The third-order valence-corrected chi connectivity index (χ3v) is 3.72. The maximum absolute atomic E-state index is 11.7. The van der Waals surface area contributed by atoms with Crippen molar-refractivity contribution in [3.8, 4) is 0 Å². The van der Waals surface area contributed by atoms with Crippen molar-refractivity contribution < 1.29 is 8.42 Å². The number of nitrogen functional groups attached to an aromatic ring is 1. The Balaban J connectivity index is 2.92. The molecular formula is C11H18N2O2S. The summed E-state index contributed by atoms with van der Waals surface area (Å²) in [5.41, 5.74) is 7.58. The molecule has 90 valence electrons. The van der Waals surface area contributed by atoms with Crippen molar-refractivity contribution in [2.45, 2.75) is 20.8 Å². The monoisotopic (exact) mass is 242 g/mol. The minimum Gasteiger partial charge on any atom is -0.399 e. The molecule has 4 nitrogen and oxygen atoms in total. The molecule has 1 rings (SSSR count). The molecule has 3 N–H and O–H groups in total. The lowest BCUT2D eigenvalue weighted by atomic mass is 10.2. The Hall–Kier alpha value is -1.23. The van der Waals surface area contributed by atoms with Gasteiger partial charge in [-0.15, -0.1) is 0 Å². The van der Waals surface area contributed by atoms with Gasteiger partial charge in [0.2, 0.25) is 10.0 Å². The van der Waals surface area contributed by atoms with Crippen LogP contribution in [0.25, 0.3) is 0 Å². The number of anilines is 2. The largest absolute Gasteiger partial charge is 0.399 e. The summed E-state index contributed by atoms with van der Waals surface area (Å²) in [7, 11) is -3.28. The van der Waals surface area contributed by atoms with Crippen LogP contribution in [0.15, 0.2) is 18.2 Å². The highest BCUT2D eigenvalue weighted by atomic mass is 32.2. The van der Waals surface area contributed by atoms with E-state index in [0.717, 1.165) is 5.56 Å². The van der Waals surface area contributed by atoms with Crippen LogP contribution in [-0.4, -0.2) is 14.2 Å². The van der Waals surface area contributed by atoms with Crippen molar-refractivity contribution in [3.63, 3.8) is 0 Å². The van der Waals surface area contributed by atoms with E-state index in [1.54, 1.807) is 18.2 Å². The van der Waals surface area contributed by atoms with Crippen molar-refractivity contribution >= 4 is 21.4 Å². The molecule has 0 radical (unpaired) electrons. The second-order valence-electron chi connectivity index (χ2n) is 4.35. The van der Waals surface area contributed by atoms with Crippen molar-refractivity contribution in [1.82, 2.24) is 0 Å². The van der Waals surface area contributed by atoms with E-state index in [1.165, 1.54) is 0 Å². The van der Waals surface area contributed by atoms with Gasteiger partial charge in [-0.3, -0.25) is 4.72 Å². The molecule has 0 aliphatic rings. The van der Waals surface area contributed by atoms with Crippen LogP contribution in [0.4, 0.5) is 11.4 Å². The molecule has 0 heterocycles. The minimum atomic E-state index is -3.28.